The van der Waals surface area contributed by atoms with Gasteiger partial charge >= 0.3 is 0 Å². The second kappa shape index (κ2) is 8.52. The Morgan fingerprint density at radius 3 is 2.77 bits per heavy atom. The van der Waals surface area contributed by atoms with Gasteiger partial charge in [0.25, 0.3) is 0 Å². The number of tetrazole rings is 1. The van der Waals surface area contributed by atoms with E-state index in [-0.39, 0.29) is 24.0 Å². The highest BCUT2D eigenvalue weighted by Gasteiger charge is 2.39. The number of nitrogens with zero attached hydrogens (tertiary/aromatic N) is 4. The van der Waals surface area contributed by atoms with Gasteiger partial charge in [-0.25, -0.2) is 4.39 Å². The lowest BCUT2D eigenvalue weighted by Gasteiger charge is -2.35. The first-order valence-electron chi connectivity index (χ1n) is 8.12. The van der Waals surface area contributed by atoms with E-state index in [1.807, 2.05) is 0 Å². The van der Waals surface area contributed by atoms with Crippen LogP contribution >= 0.6 is 12.4 Å². The van der Waals surface area contributed by atoms with Crippen molar-refractivity contribution in [2.24, 2.45) is 5.41 Å². The average Bonchev–Trinajstić information content (AvgIpc) is 3.03. The van der Waals surface area contributed by atoms with Crippen molar-refractivity contribution in [3.05, 3.63) is 29.8 Å². The van der Waals surface area contributed by atoms with Crippen LogP contribution in [0.3, 0.4) is 0 Å². The summed E-state index contributed by atoms with van der Waals surface area (Å²) in [5.74, 6) is -0.139. The van der Waals surface area contributed by atoms with Crippen LogP contribution in [0, 0.1) is 18.2 Å². The third kappa shape index (κ3) is 4.00. The fourth-order valence-corrected chi connectivity index (χ4v) is 3.09. The Kier molecular flexibility index (Phi) is 6.63. The number of carbonyl (C=O) groups excluding carboxylic acids is 1. The topological polar surface area (TPSA) is 94.0 Å². The SMILES string of the molecule is COCC1(C(=O)Nc2ccc(F)c(-n3nnnc3C)c2)CCNCC1.Cl. The molecule has 1 fully saturated rings. The molecular weight excluding hydrogens is 363 g/mol. The van der Waals surface area contributed by atoms with Crippen LogP contribution in [0.25, 0.3) is 5.69 Å². The summed E-state index contributed by atoms with van der Waals surface area (Å²) < 4.78 is 20.7. The molecule has 10 heteroatoms. The number of benzene rings is 1. The van der Waals surface area contributed by atoms with Crippen molar-refractivity contribution in [2.75, 3.05) is 32.1 Å². The van der Waals surface area contributed by atoms with Crippen molar-refractivity contribution in [3.8, 4) is 5.69 Å². The van der Waals surface area contributed by atoms with E-state index in [2.05, 4.69) is 26.2 Å². The summed E-state index contributed by atoms with van der Waals surface area (Å²) >= 11 is 0. The van der Waals surface area contributed by atoms with Gasteiger partial charge in [-0.15, -0.1) is 17.5 Å². The second-order valence-corrected chi connectivity index (χ2v) is 6.22. The fourth-order valence-electron chi connectivity index (χ4n) is 3.09. The van der Waals surface area contributed by atoms with E-state index < -0.39 is 11.2 Å². The van der Waals surface area contributed by atoms with Gasteiger partial charge in [-0.1, -0.05) is 0 Å². The normalized spacial score (nSPS) is 16.0. The first kappa shape index (κ1) is 20.2. The van der Waals surface area contributed by atoms with Crippen LogP contribution in [0.5, 0.6) is 0 Å². The summed E-state index contributed by atoms with van der Waals surface area (Å²) in [5.41, 5.74) is 0.0935. The van der Waals surface area contributed by atoms with Gasteiger partial charge in [0, 0.05) is 12.8 Å². The Balaban J connectivity index is 0.00000243. The molecule has 26 heavy (non-hydrogen) atoms. The van der Waals surface area contributed by atoms with E-state index in [1.54, 1.807) is 14.0 Å². The number of hydrogen-bond acceptors (Lipinski definition) is 6. The molecule has 0 aliphatic carbocycles. The van der Waals surface area contributed by atoms with Crippen LogP contribution in [0.15, 0.2) is 18.2 Å². The van der Waals surface area contributed by atoms with Gasteiger partial charge in [-0.2, -0.15) is 4.68 Å². The molecule has 0 saturated carbocycles. The van der Waals surface area contributed by atoms with Gasteiger partial charge in [-0.3, -0.25) is 4.79 Å². The number of aryl methyl sites for hydroxylation is 1. The van der Waals surface area contributed by atoms with Crippen molar-refractivity contribution in [1.82, 2.24) is 25.5 Å². The quantitative estimate of drug-likeness (QED) is 0.811. The average molecular weight is 385 g/mol. The van der Waals surface area contributed by atoms with Gasteiger partial charge in [-0.05, 0) is 61.5 Å². The number of piperidine rings is 1. The van der Waals surface area contributed by atoms with Crippen LogP contribution in [0.2, 0.25) is 0 Å². The molecule has 1 aromatic carbocycles. The Morgan fingerprint density at radius 1 is 1.42 bits per heavy atom. The highest BCUT2D eigenvalue weighted by molar-refractivity contribution is 5.95. The third-order valence-electron chi connectivity index (χ3n) is 4.52. The summed E-state index contributed by atoms with van der Waals surface area (Å²) in [7, 11) is 1.59. The molecule has 0 unspecified atom stereocenters. The highest BCUT2D eigenvalue weighted by atomic mass is 35.5. The Bertz CT molecular complexity index is 757. The molecule has 0 bridgehead atoms. The van der Waals surface area contributed by atoms with Crippen LogP contribution in [0.1, 0.15) is 18.7 Å². The lowest BCUT2D eigenvalue weighted by atomic mass is 9.78. The van der Waals surface area contributed by atoms with Crippen LogP contribution in [0.4, 0.5) is 10.1 Å². The third-order valence-corrected chi connectivity index (χ3v) is 4.52. The Hall–Kier alpha value is -2.10. The maximum atomic E-state index is 14.1. The van der Waals surface area contributed by atoms with E-state index >= 15 is 0 Å². The molecule has 1 aliphatic rings. The van der Waals surface area contributed by atoms with Crippen molar-refractivity contribution in [2.45, 2.75) is 19.8 Å². The summed E-state index contributed by atoms with van der Waals surface area (Å²) in [5, 5.41) is 17.2. The molecule has 1 amide bonds. The fraction of sp³-hybridized carbons (Fsp3) is 0.500. The Labute approximate surface area is 156 Å². The summed E-state index contributed by atoms with van der Waals surface area (Å²) in [4.78, 5) is 12.9. The lowest BCUT2D eigenvalue weighted by molar-refractivity contribution is -0.130. The zero-order chi connectivity index (χ0) is 17.9. The number of anilines is 1. The Morgan fingerprint density at radius 2 is 2.15 bits per heavy atom. The first-order valence-corrected chi connectivity index (χ1v) is 8.12. The standard InChI is InChI=1S/C16H21FN6O2.ClH/c1-11-20-21-22-23(11)14-9-12(3-4-13(14)17)19-15(24)16(10-25-2)5-7-18-8-6-16;/h3-4,9,18H,5-8,10H2,1-2H3,(H,19,24);1H. The van der Waals surface area contributed by atoms with Crippen molar-refractivity contribution in [3.63, 3.8) is 0 Å². The molecule has 142 valence electrons. The largest absolute Gasteiger partial charge is 0.384 e. The summed E-state index contributed by atoms with van der Waals surface area (Å²) in [6.07, 6.45) is 1.37. The number of hydrogen-bond donors (Lipinski definition) is 2. The zero-order valence-corrected chi connectivity index (χ0v) is 15.5. The maximum absolute atomic E-state index is 14.1. The molecule has 0 atom stereocenters. The highest BCUT2D eigenvalue weighted by Crippen LogP contribution is 2.31. The van der Waals surface area contributed by atoms with Gasteiger partial charge < -0.3 is 15.4 Å². The number of carbonyl (C=O) groups is 1. The number of amides is 1. The van der Waals surface area contributed by atoms with Gasteiger partial charge in [0.1, 0.15) is 11.5 Å². The molecule has 0 spiro atoms. The van der Waals surface area contributed by atoms with Crippen LogP contribution in [-0.2, 0) is 9.53 Å². The number of ether oxygens (including phenoxy) is 1. The summed E-state index contributed by atoms with van der Waals surface area (Å²) in [6.45, 7) is 3.54. The van der Waals surface area contributed by atoms with Crippen molar-refractivity contribution < 1.29 is 13.9 Å². The monoisotopic (exact) mass is 384 g/mol. The molecule has 1 aromatic heterocycles. The minimum Gasteiger partial charge on any atom is -0.384 e. The predicted molar refractivity (Wildman–Crippen MR) is 96.1 cm³/mol. The minimum atomic E-state index is -0.584. The van der Waals surface area contributed by atoms with E-state index in [9.17, 15) is 9.18 Å². The number of aromatic nitrogens is 4. The zero-order valence-electron chi connectivity index (χ0n) is 14.7. The van der Waals surface area contributed by atoms with E-state index in [4.69, 9.17) is 4.74 Å². The molecule has 3 rings (SSSR count). The molecule has 2 heterocycles. The maximum Gasteiger partial charge on any atom is 0.233 e. The van der Waals surface area contributed by atoms with Crippen LogP contribution in [-0.4, -0.2) is 52.9 Å². The van der Waals surface area contributed by atoms with Gasteiger partial charge in [0.2, 0.25) is 5.91 Å². The second-order valence-electron chi connectivity index (χ2n) is 6.22. The minimum absolute atomic E-state index is 0. The molecule has 1 saturated heterocycles. The van der Waals surface area contributed by atoms with E-state index in [1.165, 1.54) is 22.9 Å². The summed E-state index contributed by atoms with van der Waals surface area (Å²) in [6, 6.07) is 4.34. The predicted octanol–water partition coefficient (Wildman–Crippen LogP) is 1.49. The van der Waals surface area contributed by atoms with Crippen LogP contribution < -0.4 is 10.6 Å². The van der Waals surface area contributed by atoms with E-state index in [0.29, 0.717) is 31.0 Å². The molecular formula is C16H22ClFN6O2. The number of rotatable bonds is 5. The van der Waals surface area contributed by atoms with E-state index in [0.717, 1.165) is 13.1 Å². The number of halogens is 2. The van der Waals surface area contributed by atoms with Gasteiger partial charge in [0.05, 0.1) is 12.0 Å². The first-order chi connectivity index (χ1) is 12.1. The van der Waals surface area contributed by atoms with Gasteiger partial charge in [0.15, 0.2) is 5.82 Å². The van der Waals surface area contributed by atoms with Crippen molar-refractivity contribution >= 4 is 24.0 Å². The number of nitrogens with one attached hydrogen (secondary N) is 2. The molecule has 2 N–H and O–H groups in total. The smallest absolute Gasteiger partial charge is 0.233 e. The molecule has 2 aromatic rings. The number of methoxy groups -OCH3 is 1. The molecule has 8 nitrogen and oxygen atoms in total. The lowest BCUT2D eigenvalue weighted by Crippen LogP contribution is -2.47. The molecule has 0 radical (unpaired) electrons. The van der Waals surface area contributed by atoms with Crippen molar-refractivity contribution in [1.29, 1.82) is 0 Å². The molecule has 1 aliphatic heterocycles.